The summed E-state index contributed by atoms with van der Waals surface area (Å²) in [7, 11) is 0. The molecule has 0 aromatic rings. The van der Waals surface area contributed by atoms with Crippen molar-refractivity contribution in [2.45, 2.75) is 168 Å². The van der Waals surface area contributed by atoms with Gasteiger partial charge in [0.15, 0.2) is 0 Å². The Kier molecular flexibility index (Phi) is 9.40. The summed E-state index contributed by atoms with van der Waals surface area (Å²) in [5, 5.41) is 25.0. The molecule has 228 valence electrons. The highest BCUT2D eigenvalue weighted by atomic mass is 16.3. The van der Waals surface area contributed by atoms with Crippen LogP contribution in [0, 0.1) is 43.3 Å². The quantitative estimate of drug-likeness (QED) is 0.326. The minimum atomic E-state index is -0.546. The van der Waals surface area contributed by atoms with Crippen molar-refractivity contribution in [3.8, 4) is 0 Å². The molecular weight excluding hydrogens is 476 g/mol. The Balaban J connectivity index is 2.89. The van der Waals surface area contributed by atoms with E-state index < -0.39 is 12.2 Å². The molecule has 2 aliphatic carbocycles. The second-order valence-corrected chi connectivity index (χ2v) is 17.9. The van der Waals surface area contributed by atoms with E-state index in [1.807, 2.05) is 0 Å². The molecule has 0 saturated carbocycles. The Hall–Kier alpha value is -0.600. The van der Waals surface area contributed by atoms with Gasteiger partial charge in [0.25, 0.3) is 0 Å². The van der Waals surface area contributed by atoms with Gasteiger partial charge in [-0.2, -0.15) is 0 Å². The summed E-state index contributed by atoms with van der Waals surface area (Å²) in [6.07, 6.45) is 10.7. The molecule has 0 amide bonds. The first-order valence-electron chi connectivity index (χ1n) is 16.2. The predicted octanol–water partition coefficient (Wildman–Crippen LogP) is 10.5. The van der Waals surface area contributed by atoms with E-state index in [2.05, 4.69) is 123 Å². The first-order valence-corrected chi connectivity index (χ1v) is 16.2. The predicted molar refractivity (Wildman–Crippen MR) is 171 cm³/mol. The molecule has 2 heteroatoms. The minimum absolute atomic E-state index is 0.0487. The maximum absolute atomic E-state index is 12.5. The Morgan fingerprint density at radius 3 is 0.949 bits per heavy atom. The van der Waals surface area contributed by atoms with Crippen molar-refractivity contribution in [3.63, 3.8) is 0 Å². The van der Waals surface area contributed by atoms with Crippen LogP contribution in [0.4, 0.5) is 0 Å². The van der Waals surface area contributed by atoms with Crippen LogP contribution in [0.1, 0.15) is 156 Å². The molecule has 2 rings (SSSR count). The van der Waals surface area contributed by atoms with E-state index in [1.165, 1.54) is 0 Å². The molecule has 2 N–H and O–H groups in total. The Morgan fingerprint density at radius 1 is 0.538 bits per heavy atom. The molecule has 0 bridgehead atoms. The molecule has 0 aromatic carbocycles. The lowest BCUT2D eigenvalue weighted by Crippen LogP contribution is -2.60. The Labute approximate surface area is 244 Å². The molecule has 0 saturated heterocycles. The largest absolute Gasteiger partial charge is 0.388 e. The SMILES string of the molecule is CCC1(CC)C=C(CC2=CC(CC)(CC)CC(C(C)(C)C)(C(C)(C)C)C2O)C(O)C(C(C)(C)C)(C(C)(C)C)C1. The highest BCUT2D eigenvalue weighted by Gasteiger charge is 2.62. The molecule has 2 unspecified atom stereocenters. The van der Waals surface area contributed by atoms with Crippen molar-refractivity contribution in [1.82, 2.24) is 0 Å². The average molecular weight is 545 g/mol. The standard InChI is InChI=1S/C37H68O2/c1-17-34(18-2)22-26(28(38)36(24-34,30(5,6)7)31(8,9)10)21-27-23-35(19-3,20-4)25-37(29(27)39,32(11,12)13)33(14,15)16/h22-23,28-29,38-39H,17-21,24-25H2,1-16H3. The van der Waals surface area contributed by atoms with Crippen LogP contribution in [-0.4, -0.2) is 22.4 Å². The summed E-state index contributed by atoms with van der Waals surface area (Å²) in [5.74, 6) is 0. The number of hydrogen-bond donors (Lipinski definition) is 2. The van der Waals surface area contributed by atoms with Crippen LogP contribution < -0.4 is 0 Å². The molecule has 0 fully saturated rings. The van der Waals surface area contributed by atoms with Gasteiger partial charge in [-0.05, 0) is 88.6 Å². The van der Waals surface area contributed by atoms with Gasteiger partial charge >= 0.3 is 0 Å². The summed E-state index contributed by atoms with van der Waals surface area (Å²) in [6.45, 7) is 37.3. The van der Waals surface area contributed by atoms with Gasteiger partial charge in [0, 0.05) is 10.8 Å². The van der Waals surface area contributed by atoms with Crippen LogP contribution >= 0.6 is 0 Å². The van der Waals surface area contributed by atoms with Crippen molar-refractivity contribution >= 4 is 0 Å². The van der Waals surface area contributed by atoms with Gasteiger partial charge < -0.3 is 10.2 Å². The summed E-state index contributed by atoms with van der Waals surface area (Å²) >= 11 is 0. The average Bonchev–Trinajstić information content (AvgIpc) is 2.78. The van der Waals surface area contributed by atoms with E-state index in [4.69, 9.17) is 0 Å². The Morgan fingerprint density at radius 2 is 0.769 bits per heavy atom. The highest BCUT2D eigenvalue weighted by Crippen LogP contribution is 2.67. The zero-order valence-corrected chi connectivity index (χ0v) is 29.2. The van der Waals surface area contributed by atoms with Crippen molar-refractivity contribution < 1.29 is 10.2 Å². The lowest BCUT2D eigenvalue weighted by atomic mass is 9.42. The molecule has 0 radical (unpaired) electrons. The lowest BCUT2D eigenvalue weighted by molar-refractivity contribution is -0.152. The molecule has 0 spiro atoms. The molecule has 0 aromatic heterocycles. The van der Waals surface area contributed by atoms with E-state index in [9.17, 15) is 10.2 Å². The third-order valence-corrected chi connectivity index (χ3v) is 12.5. The minimum Gasteiger partial charge on any atom is -0.388 e. The molecule has 0 heterocycles. The van der Waals surface area contributed by atoms with Crippen LogP contribution in [0.2, 0.25) is 0 Å². The monoisotopic (exact) mass is 545 g/mol. The first kappa shape index (κ1) is 34.6. The van der Waals surface area contributed by atoms with Gasteiger partial charge in [0.05, 0.1) is 12.2 Å². The second kappa shape index (κ2) is 10.6. The molecule has 2 aliphatic rings. The number of allylic oxidation sites excluding steroid dienone is 2. The van der Waals surface area contributed by atoms with Gasteiger partial charge in [0.1, 0.15) is 0 Å². The van der Waals surface area contributed by atoms with Crippen LogP contribution in [0.3, 0.4) is 0 Å². The van der Waals surface area contributed by atoms with E-state index in [1.54, 1.807) is 0 Å². The zero-order chi connectivity index (χ0) is 30.7. The van der Waals surface area contributed by atoms with Crippen LogP contribution in [0.15, 0.2) is 23.3 Å². The van der Waals surface area contributed by atoms with Crippen molar-refractivity contribution in [2.24, 2.45) is 43.3 Å². The maximum atomic E-state index is 12.5. The van der Waals surface area contributed by atoms with Gasteiger partial charge in [-0.3, -0.25) is 0 Å². The van der Waals surface area contributed by atoms with Gasteiger partial charge in [-0.15, -0.1) is 0 Å². The smallest absolute Gasteiger partial charge is 0.0819 e. The number of hydrogen-bond acceptors (Lipinski definition) is 2. The fourth-order valence-electron chi connectivity index (χ4n) is 9.87. The summed E-state index contributed by atoms with van der Waals surface area (Å²) in [6, 6.07) is 0. The molecule has 39 heavy (non-hydrogen) atoms. The molecule has 2 atom stereocenters. The molecule has 0 aliphatic heterocycles. The van der Waals surface area contributed by atoms with Crippen LogP contribution in [0.25, 0.3) is 0 Å². The van der Waals surface area contributed by atoms with Gasteiger partial charge in [-0.25, -0.2) is 0 Å². The number of aliphatic hydroxyl groups excluding tert-OH is 2. The van der Waals surface area contributed by atoms with Crippen molar-refractivity contribution in [1.29, 1.82) is 0 Å². The topological polar surface area (TPSA) is 40.5 Å². The normalized spacial score (nSPS) is 27.1. The van der Waals surface area contributed by atoms with E-state index in [0.29, 0.717) is 6.42 Å². The van der Waals surface area contributed by atoms with E-state index in [0.717, 1.165) is 49.7 Å². The highest BCUT2D eigenvalue weighted by molar-refractivity contribution is 5.36. The molecular formula is C37H68O2. The fraction of sp³-hybridized carbons (Fsp3) is 0.892. The third-order valence-electron chi connectivity index (χ3n) is 12.5. The van der Waals surface area contributed by atoms with Crippen LogP contribution in [0.5, 0.6) is 0 Å². The Bertz CT molecular complexity index is 806. The summed E-state index contributed by atoms with van der Waals surface area (Å²) in [5.41, 5.74) is 1.46. The number of rotatable bonds is 6. The van der Waals surface area contributed by atoms with Crippen molar-refractivity contribution in [3.05, 3.63) is 23.3 Å². The molecule has 2 nitrogen and oxygen atoms in total. The summed E-state index contributed by atoms with van der Waals surface area (Å²) < 4.78 is 0. The van der Waals surface area contributed by atoms with E-state index in [-0.39, 0.29) is 43.3 Å². The van der Waals surface area contributed by atoms with Gasteiger partial charge in [0.2, 0.25) is 0 Å². The van der Waals surface area contributed by atoms with Crippen LogP contribution in [-0.2, 0) is 0 Å². The second-order valence-electron chi connectivity index (χ2n) is 17.9. The third kappa shape index (κ3) is 5.37. The van der Waals surface area contributed by atoms with E-state index >= 15 is 0 Å². The maximum Gasteiger partial charge on any atom is 0.0819 e. The fourth-order valence-corrected chi connectivity index (χ4v) is 9.87. The zero-order valence-electron chi connectivity index (χ0n) is 29.2. The first-order chi connectivity index (χ1) is 17.4. The van der Waals surface area contributed by atoms with Crippen molar-refractivity contribution in [2.75, 3.05) is 0 Å². The lowest BCUT2D eigenvalue weighted by Gasteiger charge is -2.63. The summed E-state index contributed by atoms with van der Waals surface area (Å²) in [4.78, 5) is 0. The van der Waals surface area contributed by atoms with Gasteiger partial charge in [-0.1, -0.05) is 123 Å². The number of aliphatic hydroxyl groups is 2.